The number of nitrogens with zero attached hydrogens (tertiary/aromatic N) is 1. The second-order valence-electron chi connectivity index (χ2n) is 5.90. The first-order valence-electron chi connectivity index (χ1n) is 8.24. The molecular formula is C19H16N2O5. The molecule has 26 heavy (non-hydrogen) atoms. The lowest BCUT2D eigenvalue weighted by atomic mass is 10.2. The molecule has 0 aliphatic carbocycles. The summed E-state index contributed by atoms with van der Waals surface area (Å²) in [5.74, 6) is -0.278. The van der Waals surface area contributed by atoms with Crippen molar-refractivity contribution >= 4 is 22.6 Å². The van der Waals surface area contributed by atoms with Crippen molar-refractivity contribution in [3.63, 3.8) is 0 Å². The molecule has 7 nitrogen and oxygen atoms in total. The molecule has 1 atom stereocenters. The van der Waals surface area contributed by atoms with E-state index in [2.05, 4.69) is 10.3 Å². The minimum atomic E-state index is -0.618. The van der Waals surface area contributed by atoms with Gasteiger partial charge in [-0.2, -0.15) is 0 Å². The number of rotatable bonds is 4. The molecular weight excluding hydrogens is 336 g/mol. The summed E-state index contributed by atoms with van der Waals surface area (Å²) in [5, 5.41) is 3.30. The van der Waals surface area contributed by atoms with Gasteiger partial charge in [-0.1, -0.05) is 18.2 Å². The number of benzene rings is 1. The summed E-state index contributed by atoms with van der Waals surface area (Å²) in [6.45, 7) is 1.09. The highest BCUT2D eigenvalue weighted by Gasteiger charge is 2.22. The number of hydrogen-bond donors (Lipinski definition) is 1. The molecule has 1 aliphatic rings. The maximum Gasteiger partial charge on any atom is 0.360 e. The summed E-state index contributed by atoms with van der Waals surface area (Å²) in [4.78, 5) is 28.9. The summed E-state index contributed by atoms with van der Waals surface area (Å²) in [6, 6.07) is 11.9. The largest absolute Gasteiger partial charge is 0.471 e. The van der Waals surface area contributed by atoms with Crippen LogP contribution in [0.4, 0.5) is 5.69 Å². The predicted octanol–water partition coefficient (Wildman–Crippen LogP) is 2.61. The van der Waals surface area contributed by atoms with Crippen molar-refractivity contribution in [3.8, 4) is 5.88 Å². The zero-order valence-electron chi connectivity index (χ0n) is 13.8. The molecule has 0 unspecified atom stereocenters. The topological polar surface area (TPSA) is 90.7 Å². The Morgan fingerprint density at radius 2 is 2.12 bits per heavy atom. The van der Waals surface area contributed by atoms with Gasteiger partial charge in [0.25, 0.3) is 5.91 Å². The third-order valence-electron chi connectivity index (χ3n) is 4.07. The average molecular weight is 352 g/mol. The SMILES string of the molecule is O=C(Nc1cc2ccccc2oc1=O)c1cccnc1O[C@@H]1CCOC1. The van der Waals surface area contributed by atoms with Gasteiger partial charge in [0.2, 0.25) is 5.88 Å². The molecule has 0 radical (unpaired) electrons. The fourth-order valence-corrected chi connectivity index (χ4v) is 2.76. The highest BCUT2D eigenvalue weighted by atomic mass is 16.5. The molecule has 1 saturated heterocycles. The van der Waals surface area contributed by atoms with E-state index in [9.17, 15) is 9.59 Å². The van der Waals surface area contributed by atoms with Crippen molar-refractivity contribution in [1.82, 2.24) is 4.98 Å². The van der Waals surface area contributed by atoms with Crippen LogP contribution in [0.5, 0.6) is 5.88 Å². The Morgan fingerprint density at radius 1 is 1.23 bits per heavy atom. The van der Waals surface area contributed by atoms with E-state index in [-0.39, 0.29) is 23.2 Å². The molecule has 1 amide bonds. The fourth-order valence-electron chi connectivity index (χ4n) is 2.76. The molecule has 0 saturated carbocycles. The summed E-state index contributed by atoms with van der Waals surface area (Å²) in [6.07, 6.45) is 2.15. The van der Waals surface area contributed by atoms with E-state index in [1.54, 1.807) is 42.6 Å². The standard InChI is InChI=1S/C19H16N2O5/c22-17(14-5-3-8-20-18(14)25-13-7-9-24-11-13)21-15-10-12-4-1-2-6-16(12)26-19(15)23/h1-6,8,10,13H,7,9,11H2,(H,21,22)/t13-/m1/s1. The molecule has 0 bridgehead atoms. The number of nitrogens with one attached hydrogen (secondary N) is 1. The zero-order valence-corrected chi connectivity index (χ0v) is 13.8. The number of ether oxygens (including phenoxy) is 2. The number of hydrogen-bond acceptors (Lipinski definition) is 6. The molecule has 132 valence electrons. The Hall–Kier alpha value is -3.19. The maximum atomic E-state index is 12.7. The fraction of sp³-hybridized carbons (Fsp3) is 0.211. The van der Waals surface area contributed by atoms with Crippen LogP contribution in [0.3, 0.4) is 0 Å². The van der Waals surface area contributed by atoms with Crippen molar-refractivity contribution in [1.29, 1.82) is 0 Å². The van der Waals surface area contributed by atoms with Crippen molar-refractivity contribution < 1.29 is 18.7 Å². The van der Waals surface area contributed by atoms with Crippen LogP contribution in [0.1, 0.15) is 16.8 Å². The molecule has 1 N–H and O–H groups in total. The number of pyridine rings is 1. The third-order valence-corrected chi connectivity index (χ3v) is 4.07. The van der Waals surface area contributed by atoms with Gasteiger partial charge >= 0.3 is 5.63 Å². The van der Waals surface area contributed by atoms with Crippen LogP contribution in [-0.2, 0) is 4.74 Å². The van der Waals surface area contributed by atoms with Gasteiger partial charge < -0.3 is 19.2 Å². The molecule has 0 spiro atoms. The van der Waals surface area contributed by atoms with Crippen LogP contribution in [0.2, 0.25) is 0 Å². The van der Waals surface area contributed by atoms with Gasteiger partial charge in [-0.05, 0) is 24.3 Å². The lowest BCUT2D eigenvalue weighted by Gasteiger charge is -2.14. The first-order valence-corrected chi connectivity index (χ1v) is 8.24. The Bertz CT molecular complexity index is 1010. The molecule has 1 aliphatic heterocycles. The van der Waals surface area contributed by atoms with E-state index in [0.717, 1.165) is 6.42 Å². The van der Waals surface area contributed by atoms with Crippen molar-refractivity contribution in [2.45, 2.75) is 12.5 Å². The van der Waals surface area contributed by atoms with Crippen molar-refractivity contribution in [3.05, 3.63) is 64.6 Å². The van der Waals surface area contributed by atoms with Crippen LogP contribution < -0.4 is 15.7 Å². The van der Waals surface area contributed by atoms with Gasteiger partial charge in [0.05, 0.1) is 13.2 Å². The summed E-state index contributed by atoms with van der Waals surface area (Å²) < 4.78 is 16.3. The first-order chi connectivity index (χ1) is 12.7. The van der Waals surface area contributed by atoms with Crippen LogP contribution in [0.15, 0.2) is 57.9 Å². The highest BCUT2D eigenvalue weighted by Crippen LogP contribution is 2.21. The number of carbonyl (C=O) groups excluding carboxylic acids is 1. The van der Waals surface area contributed by atoms with Gasteiger partial charge in [0.15, 0.2) is 0 Å². The van der Waals surface area contributed by atoms with E-state index >= 15 is 0 Å². The molecule has 2 aromatic heterocycles. The minimum absolute atomic E-state index is 0.0627. The monoisotopic (exact) mass is 352 g/mol. The van der Waals surface area contributed by atoms with E-state index in [1.807, 2.05) is 6.07 Å². The Morgan fingerprint density at radius 3 is 2.96 bits per heavy atom. The lowest BCUT2D eigenvalue weighted by molar-refractivity contribution is 0.101. The van der Waals surface area contributed by atoms with E-state index in [0.29, 0.717) is 24.2 Å². The average Bonchev–Trinajstić information content (AvgIpc) is 3.16. The van der Waals surface area contributed by atoms with E-state index in [4.69, 9.17) is 13.9 Å². The van der Waals surface area contributed by atoms with Gasteiger partial charge in [-0.3, -0.25) is 4.79 Å². The number of para-hydroxylation sites is 1. The molecule has 1 aromatic carbocycles. The van der Waals surface area contributed by atoms with E-state index in [1.165, 1.54) is 0 Å². The van der Waals surface area contributed by atoms with Gasteiger partial charge in [-0.15, -0.1) is 0 Å². The molecule has 3 heterocycles. The van der Waals surface area contributed by atoms with Crippen LogP contribution in [-0.4, -0.2) is 30.2 Å². The lowest BCUT2D eigenvalue weighted by Crippen LogP contribution is -2.22. The molecule has 4 rings (SSSR count). The van der Waals surface area contributed by atoms with Gasteiger partial charge in [0, 0.05) is 18.0 Å². The minimum Gasteiger partial charge on any atom is -0.471 e. The van der Waals surface area contributed by atoms with Crippen molar-refractivity contribution in [2.24, 2.45) is 0 Å². The zero-order chi connectivity index (χ0) is 17.9. The highest BCUT2D eigenvalue weighted by molar-refractivity contribution is 6.06. The number of carbonyl (C=O) groups is 1. The summed E-state index contributed by atoms with van der Waals surface area (Å²) >= 11 is 0. The number of fused-ring (bicyclic) bond motifs is 1. The second-order valence-corrected chi connectivity index (χ2v) is 5.90. The Balaban J connectivity index is 1.60. The van der Waals surface area contributed by atoms with E-state index < -0.39 is 11.5 Å². The van der Waals surface area contributed by atoms with Crippen LogP contribution in [0, 0.1) is 0 Å². The predicted molar refractivity (Wildman–Crippen MR) is 94.5 cm³/mol. The summed E-state index contributed by atoms with van der Waals surface area (Å²) in [5.41, 5.74) is 0.148. The molecule has 1 fully saturated rings. The van der Waals surface area contributed by atoms with Gasteiger partial charge in [0.1, 0.15) is 22.9 Å². The number of aromatic nitrogens is 1. The molecule has 3 aromatic rings. The quantitative estimate of drug-likeness (QED) is 0.726. The van der Waals surface area contributed by atoms with Gasteiger partial charge in [-0.25, -0.2) is 9.78 Å². The first kappa shape index (κ1) is 16.3. The normalized spacial score (nSPS) is 16.5. The maximum absolute atomic E-state index is 12.7. The molecule has 7 heteroatoms. The Kier molecular flexibility index (Phi) is 4.37. The third kappa shape index (κ3) is 3.29. The van der Waals surface area contributed by atoms with Crippen LogP contribution >= 0.6 is 0 Å². The number of anilines is 1. The second kappa shape index (κ2) is 6.97. The summed E-state index contributed by atoms with van der Waals surface area (Å²) in [7, 11) is 0. The number of amides is 1. The van der Waals surface area contributed by atoms with Crippen LogP contribution in [0.25, 0.3) is 11.0 Å². The Labute approximate surface area is 148 Å². The van der Waals surface area contributed by atoms with Crippen molar-refractivity contribution in [2.75, 3.05) is 18.5 Å². The smallest absolute Gasteiger partial charge is 0.360 e.